The van der Waals surface area contributed by atoms with E-state index < -0.39 is 39.7 Å². The molecule has 4 amide bonds. The minimum Gasteiger partial charge on any atom is -0.378 e. The topological polar surface area (TPSA) is 258 Å². The van der Waals surface area contributed by atoms with Crippen LogP contribution < -0.4 is 27.4 Å². The Kier molecular flexibility index (Phi) is 35.1. The van der Waals surface area contributed by atoms with Gasteiger partial charge in [0.25, 0.3) is 11.8 Å². The van der Waals surface area contributed by atoms with Crippen LogP contribution in [0, 0.1) is 84.8 Å². The molecule has 10 atom stereocenters. The summed E-state index contributed by atoms with van der Waals surface area (Å²) in [6.07, 6.45) is 15.7. The Morgan fingerprint density at radius 1 is 0.420 bits per heavy atom. The number of hydrogen-bond acceptors (Lipinski definition) is 10. The molecule has 13 rings (SSSR count). The highest BCUT2D eigenvalue weighted by Crippen LogP contribution is 2.41. The fourth-order valence-electron chi connectivity index (χ4n) is 15.4. The second kappa shape index (κ2) is 44.7. The van der Waals surface area contributed by atoms with Gasteiger partial charge in [0.2, 0.25) is 11.8 Å². The zero-order valence-electron chi connectivity index (χ0n) is 67.7. The minimum absolute atomic E-state index is 0.00879. The van der Waals surface area contributed by atoms with Gasteiger partial charge in [-0.15, -0.1) is 0 Å². The molecule has 622 valence electrons. The molecule has 8 aromatic carbocycles. The number of carbonyl (C=O) groups is 4. The lowest BCUT2D eigenvalue weighted by molar-refractivity contribution is -0.126. The third kappa shape index (κ3) is 31.0. The molecular formula is C99H105Cl5FN5O9. The Morgan fingerprint density at radius 2 is 0.765 bits per heavy atom. The maximum absolute atomic E-state index is 13.3. The predicted octanol–water partition coefficient (Wildman–Crippen LogP) is 18.5. The summed E-state index contributed by atoms with van der Waals surface area (Å²) in [7, 11) is 0. The van der Waals surface area contributed by atoms with E-state index in [1.165, 1.54) is 18.2 Å². The monoisotopic (exact) mass is 1700 g/mol. The summed E-state index contributed by atoms with van der Waals surface area (Å²) < 4.78 is 13.3. The molecule has 0 saturated heterocycles. The molecule has 5 aliphatic rings. The molecule has 0 radical (unpaired) electrons. The van der Waals surface area contributed by atoms with Crippen LogP contribution in [0.5, 0.6) is 0 Å². The van der Waals surface area contributed by atoms with Crippen LogP contribution in [0.4, 0.5) is 4.39 Å². The SMILES string of the molecule is CCC(CC)C(=O)N[C@H]1CCC[C@@](O)(C#Cc2cccc(Cl)c2)C1.Cc1ccc(C(=O)N[C@H]2CCC[C@@](O)(C#Cc3cccc(Cl)c3)C2)cc1.Cc1ccc(C(N)=O)c([C@H]2CCC[C@@](O)(C#Cc3cccc(Cl)c3)C2)c1.N[C@H]1CCC[C@@](O)(C#Cc2cccc(Cl)c2)C1.O=C(N[C@H]1CCC[C@@](O)(C#Cc2cccc(Cl)c2)C1)c1cccc(F)c1. The predicted molar refractivity (Wildman–Crippen MR) is 475 cm³/mol. The van der Waals surface area contributed by atoms with E-state index in [9.17, 15) is 49.1 Å². The Labute approximate surface area is 725 Å². The molecule has 0 heterocycles. The van der Waals surface area contributed by atoms with Crippen LogP contribution in [0.15, 0.2) is 188 Å². The zero-order valence-corrected chi connectivity index (χ0v) is 71.5. The molecule has 0 unspecified atom stereocenters. The van der Waals surface area contributed by atoms with Crippen LogP contribution in [-0.4, -0.2) is 101 Å². The number of aliphatic hydroxyl groups is 5. The van der Waals surface area contributed by atoms with Crippen LogP contribution in [0.2, 0.25) is 25.1 Å². The molecule has 0 bridgehead atoms. The molecule has 5 aliphatic carbocycles. The number of amides is 4. The van der Waals surface area contributed by atoms with Crippen LogP contribution in [0.25, 0.3) is 0 Å². The molecule has 5 fully saturated rings. The van der Waals surface area contributed by atoms with E-state index in [0.29, 0.717) is 100 Å². The number of aryl methyl sites for hydroxylation is 2. The molecule has 14 nitrogen and oxygen atoms in total. The third-order valence-corrected chi connectivity index (χ3v) is 22.9. The first-order valence-corrected chi connectivity index (χ1v) is 42.6. The van der Waals surface area contributed by atoms with Gasteiger partial charge in [-0.25, -0.2) is 4.39 Å². The average Bonchev–Trinajstić information content (AvgIpc) is 0.807. The molecule has 0 aliphatic heterocycles. The van der Waals surface area contributed by atoms with Crippen molar-refractivity contribution >= 4 is 81.6 Å². The van der Waals surface area contributed by atoms with E-state index in [4.69, 9.17) is 69.5 Å². The van der Waals surface area contributed by atoms with Crippen molar-refractivity contribution in [3.63, 3.8) is 0 Å². The van der Waals surface area contributed by atoms with Gasteiger partial charge in [0.15, 0.2) is 0 Å². The van der Waals surface area contributed by atoms with Crippen molar-refractivity contribution in [2.45, 2.75) is 227 Å². The molecule has 119 heavy (non-hydrogen) atoms. The number of benzene rings is 8. The Bertz CT molecular complexity index is 5180. The van der Waals surface area contributed by atoms with Crippen LogP contribution in [0.3, 0.4) is 0 Å². The number of carbonyl (C=O) groups excluding carboxylic acids is 4. The van der Waals surface area contributed by atoms with Crippen molar-refractivity contribution in [3.8, 4) is 59.2 Å². The molecule has 12 N–H and O–H groups in total. The number of hydrogen-bond donors (Lipinski definition) is 10. The van der Waals surface area contributed by atoms with Crippen molar-refractivity contribution in [1.29, 1.82) is 0 Å². The van der Waals surface area contributed by atoms with Crippen molar-refractivity contribution < 1.29 is 49.1 Å². The number of halogens is 6. The third-order valence-electron chi connectivity index (χ3n) is 21.7. The van der Waals surface area contributed by atoms with Gasteiger partial charge in [0, 0.05) is 125 Å². The first-order valence-electron chi connectivity index (χ1n) is 40.7. The van der Waals surface area contributed by atoms with E-state index >= 15 is 0 Å². The van der Waals surface area contributed by atoms with Gasteiger partial charge < -0.3 is 53.0 Å². The average molecular weight is 1710 g/mol. The maximum Gasteiger partial charge on any atom is 0.251 e. The highest BCUT2D eigenvalue weighted by atomic mass is 35.5. The van der Waals surface area contributed by atoms with Gasteiger partial charge in [-0.05, 0) is 268 Å². The summed E-state index contributed by atoms with van der Waals surface area (Å²) in [5.74, 6) is 28.8. The normalized spacial score (nSPS) is 23.4. The van der Waals surface area contributed by atoms with Crippen LogP contribution in [0.1, 0.15) is 237 Å². The van der Waals surface area contributed by atoms with Crippen molar-refractivity contribution in [2.24, 2.45) is 17.4 Å². The van der Waals surface area contributed by atoms with Crippen LogP contribution in [-0.2, 0) is 4.79 Å². The second-order valence-electron chi connectivity index (χ2n) is 31.8. The minimum atomic E-state index is -1.17. The van der Waals surface area contributed by atoms with E-state index in [1.54, 1.807) is 78.9 Å². The van der Waals surface area contributed by atoms with Crippen LogP contribution >= 0.6 is 58.0 Å². The van der Waals surface area contributed by atoms with E-state index in [2.05, 4.69) is 75.2 Å². The van der Waals surface area contributed by atoms with Crippen molar-refractivity contribution in [3.05, 3.63) is 280 Å². The quantitative estimate of drug-likeness (QED) is 0.0579. The van der Waals surface area contributed by atoms with E-state index in [1.807, 2.05) is 119 Å². The summed E-state index contributed by atoms with van der Waals surface area (Å²) in [6.45, 7) is 8.03. The fourth-order valence-corrected chi connectivity index (χ4v) is 16.3. The lowest BCUT2D eigenvalue weighted by Gasteiger charge is -2.34. The number of nitrogens with two attached hydrogens (primary N) is 2. The standard InChI is InChI=1S/2C22H22ClNO2.C21H19ClFNO2.C20H26ClNO2.C14H16ClNO/c1-15-7-8-19(21(24)25)20(12-15)17-5-3-10-22(26,14-17)11-9-16-4-2-6-18(23)13-16;1-16-7-9-18(10-8-16)21(25)24-20-6-3-12-22(26,15-20)13-11-17-4-2-5-19(23)14-17;22-17-6-1-4-15(12-17)9-11-21(26)10-3-8-19(14-21)24-20(25)16-5-2-7-18(23)13-16;1-3-16(4-2)19(23)22-18-9-6-11-20(24,14-18)12-10-15-7-5-8-17(21)13-15;15-12-4-1-3-11(9-12)6-8-14(17)7-2-5-13(16)10-14/h2,4,6-8,12-13,17,26H,3,5,10,14H2,1H3,(H2,24,25);2,4-5,7-10,14,20,26H,3,6,12,15H2,1H3,(H,24,25);1-2,4-7,12-13,19,26H,3,8,10,14H2,(H,24,25);5,7-8,13,16,18,24H,3-4,6,9,11,14H2,1-2H3,(H,22,23);1,3-4,9,13,17H,2,5,7,10,16H2/t17-,22+;20-,22+;19-,21+;18-,20+;13-,14+/m00000/s1. The van der Waals surface area contributed by atoms with E-state index in [0.717, 1.165) is 122 Å². The molecule has 0 aromatic heterocycles. The summed E-state index contributed by atoms with van der Waals surface area (Å²) in [5, 5.41) is 65.8. The fraction of sp³-hybridized carbons (Fsp3) is 0.374. The largest absolute Gasteiger partial charge is 0.378 e. The summed E-state index contributed by atoms with van der Waals surface area (Å²) in [5.41, 5.74) is 14.5. The van der Waals surface area contributed by atoms with E-state index in [-0.39, 0.29) is 59.3 Å². The number of primary amides is 1. The summed E-state index contributed by atoms with van der Waals surface area (Å²) in [4.78, 5) is 48.7. The van der Waals surface area contributed by atoms with Gasteiger partial charge in [0.05, 0.1) is 0 Å². The summed E-state index contributed by atoms with van der Waals surface area (Å²) >= 11 is 29.7. The first kappa shape index (κ1) is 93.4. The van der Waals surface area contributed by atoms with Gasteiger partial charge >= 0.3 is 0 Å². The molecule has 20 heteroatoms. The molecule has 8 aromatic rings. The van der Waals surface area contributed by atoms with Crippen molar-refractivity contribution in [1.82, 2.24) is 16.0 Å². The smallest absolute Gasteiger partial charge is 0.251 e. The second-order valence-corrected chi connectivity index (χ2v) is 34.0. The van der Waals surface area contributed by atoms with Crippen molar-refractivity contribution in [2.75, 3.05) is 0 Å². The lowest BCUT2D eigenvalue weighted by Crippen LogP contribution is -2.46. The highest BCUT2D eigenvalue weighted by Gasteiger charge is 2.39. The Hall–Kier alpha value is -9.42. The van der Waals surface area contributed by atoms with Gasteiger partial charge in [-0.2, -0.15) is 0 Å². The van der Waals surface area contributed by atoms with Gasteiger partial charge in [-0.3, -0.25) is 19.2 Å². The lowest BCUT2D eigenvalue weighted by atomic mass is 9.74. The molecule has 5 saturated carbocycles. The molecule has 0 spiro atoms. The Balaban J connectivity index is 0.000000171. The van der Waals surface area contributed by atoms with Gasteiger partial charge in [-0.1, -0.05) is 203 Å². The van der Waals surface area contributed by atoms with Gasteiger partial charge in [0.1, 0.15) is 33.8 Å². The molecular weight excluding hydrogens is 1600 g/mol. The highest BCUT2D eigenvalue weighted by molar-refractivity contribution is 6.32. The maximum atomic E-state index is 13.3. The number of rotatable bonds is 10. The Morgan fingerprint density at radius 3 is 1.13 bits per heavy atom. The zero-order chi connectivity index (χ0) is 85.8. The number of nitrogens with one attached hydrogen (secondary N) is 3. The first-order chi connectivity index (χ1) is 56.8. The summed E-state index contributed by atoms with van der Waals surface area (Å²) in [6, 6.07) is 54.7.